The number of amides is 2. The fraction of sp³-hybridized carbons (Fsp3) is 0.923. The van der Waals surface area contributed by atoms with Gasteiger partial charge in [0.1, 0.15) is 0 Å². The number of rotatable bonds is 6. The molecule has 0 aromatic carbocycles. The number of nitrogens with zero attached hydrogens (tertiary/aromatic N) is 1. The van der Waals surface area contributed by atoms with E-state index in [1.165, 1.54) is 0 Å². The first kappa shape index (κ1) is 15.2. The van der Waals surface area contributed by atoms with E-state index >= 15 is 0 Å². The van der Waals surface area contributed by atoms with Crippen molar-refractivity contribution < 1.29 is 9.53 Å². The Balaban J connectivity index is 2.06. The first-order valence-corrected chi connectivity index (χ1v) is 7.07. The molecule has 1 fully saturated rings. The molecule has 1 aliphatic rings. The topological polar surface area (TPSA) is 67.6 Å². The Morgan fingerprint density at radius 3 is 2.44 bits per heavy atom. The third-order valence-electron chi connectivity index (χ3n) is 3.50. The molecule has 2 amide bonds. The van der Waals surface area contributed by atoms with Crippen LogP contribution < -0.4 is 11.1 Å². The average molecular weight is 257 g/mol. The minimum atomic E-state index is -0.00531. The molecule has 0 heterocycles. The Labute approximate surface area is 110 Å². The number of nitrogens with two attached hydrogens (primary N) is 1. The van der Waals surface area contributed by atoms with E-state index in [9.17, 15) is 4.79 Å². The van der Waals surface area contributed by atoms with Gasteiger partial charge in [-0.15, -0.1) is 0 Å². The average Bonchev–Trinajstić information content (AvgIpc) is 2.38. The monoisotopic (exact) mass is 257 g/mol. The number of carbonyl (C=O) groups excluding carboxylic acids is 1. The van der Waals surface area contributed by atoms with Gasteiger partial charge in [0, 0.05) is 25.7 Å². The van der Waals surface area contributed by atoms with Gasteiger partial charge < -0.3 is 20.7 Å². The van der Waals surface area contributed by atoms with Gasteiger partial charge in [0.25, 0.3) is 0 Å². The Hall–Kier alpha value is -0.810. The molecule has 0 aliphatic heterocycles. The van der Waals surface area contributed by atoms with E-state index in [0.717, 1.165) is 38.8 Å². The largest absolute Gasteiger partial charge is 0.376 e. The SMILES string of the molecule is CCN(CC)C(=O)NCCOC1CCC(N)CC1. The molecular formula is C13H27N3O2. The van der Waals surface area contributed by atoms with Crippen molar-refractivity contribution >= 4 is 6.03 Å². The second-order valence-electron chi connectivity index (χ2n) is 4.81. The first-order chi connectivity index (χ1) is 8.67. The molecule has 0 radical (unpaired) electrons. The maximum atomic E-state index is 11.6. The molecule has 18 heavy (non-hydrogen) atoms. The van der Waals surface area contributed by atoms with Crippen molar-refractivity contribution in [3.05, 3.63) is 0 Å². The normalized spacial score (nSPS) is 23.7. The molecule has 0 saturated heterocycles. The van der Waals surface area contributed by atoms with Crippen molar-refractivity contribution in [2.24, 2.45) is 5.73 Å². The highest BCUT2D eigenvalue weighted by Gasteiger charge is 2.18. The maximum absolute atomic E-state index is 11.6. The van der Waals surface area contributed by atoms with E-state index in [1.54, 1.807) is 4.90 Å². The standard InChI is InChI=1S/C13H27N3O2/c1-3-16(4-2)13(17)15-9-10-18-12-7-5-11(14)6-8-12/h11-12H,3-10,14H2,1-2H3,(H,15,17). The molecule has 0 aromatic heterocycles. The van der Waals surface area contributed by atoms with Crippen LogP contribution in [0.15, 0.2) is 0 Å². The van der Waals surface area contributed by atoms with Crippen LogP contribution in [0.5, 0.6) is 0 Å². The fourth-order valence-electron chi connectivity index (χ4n) is 2.26. The summed E-state index contributed by atoms with van der Waals surface area (Å²) < 4.78 is 5.74. The molecule has 1 rings (SSSR count). The van der Waals surface area contributed by atoms with Crippen molar-refractivity contribution in [2.75, 3.05) is 26.2 Å². The zero-order valence-electron chi connectivity index (χ0n) is 11.7. The van der Waals surface area contributed by atoms with Gasteiger partial charge in [0.15, 0.2) is 0 Å². The van der Waals surface area contributed by atoms with Gasteiger partial charge in [-0.25, -0.2) is 4.79 Å². The van der Waals surface area contributed by atoms with Gasteiger partial charge in [-0.1, -0.05) is 0 Å². The number of urea groups is 1. The summed E-state index contributed by atoms with van der Waals surface area (Å²) in [6.07, 6.45) is 4.53. The molecular weight excluding hydrogens is 230 g/mol. The van der Waals surface area contributed by atoms with Crippen molar-refractivity contribution in [3.63, 3.8) is 0 Å². The lowest BCUT2D eigenvalue weighted by atomic mass is 9.94. The summed E-state index contributed by atoms with van der Waals surface area (Å²) in [5, 5.41) is 2.87. The highest BCUT2D eigenvalue weighted by Crippen LogP contribution is 2.19. The van der Waals surface area contributed by atoms with Gasteiger partial charge >= 0.3 is 6.03 Å². The van der Waals surface area contributed by atoms with E-state index in [0.29, 0.717) is 25.3 Å². The number of hydrogen-bond acceptors (Lipinski definition) is 3. The predicted molar refractivity (Wildman–Crippen MR) is 72.5 cm³/mol. The van der Waals surface area contributed by atoms with Crippen LogP contribution in [0.4, 0.5) is 4.79 Å². The first-order valence-electron chi connectivity index (χ1n) is 7.07. The smallest absolute Gasteiger partial charge is 0.317 e. The minimum absolute atomic E-state index is 0.00531. The molecule has 0 unspecified atom stereocenters. The van der Waals surface area contributed by atoms with Crippen molar-refractivity contribution in [1.29, 1.82) is 0 Å². The number of nitrogens with one attached hydrogen (secondary N) is 1. The second-order valence-corrected chi connectivity index (χ2v) is 4.81. The Morgan fingerprint density at radius 2 is 1.89 bits per heavy atom. The van der Waals surface area contributed by atoms with Crippen LogP contribution in [-0.4, -0.2) is 49.3 Å². The molecule has 5 heteroatoms. The van der Waals surface area contributed by atoms with Gasteiger partial charge in [-0.2, -0.15) is 0 Å². The second kappa shape index (κ2) is 8.32. The zero-order valence-corrected chi connectivity index (χ0v) is 11.7. The van der Waals surface area contributed by atoms with Crippen molar-refractivity contribution in [1.82, 2.24) is 10.2 Å². The summed E-state index contributed by atoms with van der Waals surface area (Å²) >= 11 is 0. The molecule has 1 aliphatic carbocycles. The van der Waals surface area contributed by atoms with Gasteiger partial charge in [-0.05, 0) is 39.5 Å². The lowest BCUT2D eigenvalue weighted by Crippen LogP contribution is -2.41. The Kier molecular flexibility index (Phi) is 7.05. The third-order valence-corrected chi connectivity index (χ3v) is 3.50. The van der Waals surface area contributed by atoms with Gasteiger partial charge in [-0.3, -0.25) is 0 Å². The molecule has 0 atom stereocenters. The summed E-state index contributed by atoms with van der Waals surface area (Å²) in [4.78, 5) is 13.4. The number of hydrogen-bond donors (Lipinski definition) is 2. The van der Waals surface area contributed by atoms with E-state index in [1.807, 2.05) is 13.8 Å². The molecule has 3 N–H and O–H groups in total. The van der Waals surface area contributed by atoms with E-state index in [2.05, 4.69) is 5.32 Å². The Morgan fingerprint density at radius 1 is 1.28 bits per heavy atom. The molecule has 0 aromatic rings. The fourth-order valence-corrected chi connectivity index (χ4v) is 2.26. The summed E-state index contributed by atoms with van der Waals surface area (Å²) in [5.41, 5.74) is 5.84. The zero-order chi connectivity index (χ0) is 13.4. The summed E-state index contributed by atoms with van der Waals surface area (Å²) in [6, 6.07) is 0.349. The van der Waals surface area contributed by atoms with Crippen LogP contribution in [0.25, 0.3) is 0 Å². The summed E-state index contributed by atoms with van der Waals surface area (Å²) in [7, 11) is 0. The number of carbonyl (C=O) groups is 1. The van der Waals surface area contributed by atoms with Crippen LogP contribution in [0, 0.1) is 0 Å². The molecule has 0 spiro atoms. The van der Waals surface area contributed by atoms with E-state index < -0.39 is 0 Å². The summed E-state index contributed by atoms with van der Waals surface area (Å²) in [6.45, 7) is 6.61. The molecule has 106 valence electrons. The minimum Gasteiger partial charge on any atom is -0.376 e. The van der Waals surface area contributed by atoms with Crippen molar-refractivity contribution in [3.8, 4) is 0 Å². The predicted octanol–water partition coefficient (Wildman–Crippen LogP) is 1.32. The highest BCUT2D eigenvalue weighted by atomic mass is 16.5. The van der Waals surface area contributed by atoms with Crippen molar-refractivity contribution in [2.45, 2.75) is 51.7 Å². The maximum Gasteiger partial charge on any atom is 0.317 e. The molecule has 1 saturated carbocycles. The van der Waals surface area contributed by atoms with E-state index in [-0.39, 0.29) is 6.03 Å². The van der Waals surface area contributed by atoms with Crippen LogP contribution >= 0.6 is 0 Å². The van der Waals surface area contributed by atoms with Crippen LogP contribution in [0.3, 0.4) is 0 Å². The van der Waals surface area contributed by atoms with Crippen LogP contribution in [-0.2, 0) is 4.74 Å². The van der Waals surface area contributed by atoms with Crippen LogP contribution in [0.2, 0.25) is 0 Å². The molecule has 0 bridgehead atoms. The summed E-state index contributed by atoms with van der Waals surface area (Å²) in [5.74, 6) is 0. The van der Waals surface area contributed by atoms with Gasteiger partial charge in [0.2, 0.25) is 0 Å². The van der Waals surface area contributed by atoms with E-state index in [4.69, 9.17) is 10.5 Å². The quantitative estimate of drug-likeness (QED) is 0.705. The molecule has 5 nitrogen and oxygen atoms in total. The number of ether oxygens (including phenoxy) is 1. The lowest BCUT2D eigenvalue weighted by molar-refractivity contribution is 0.0274. The third kappa shape index (κ3) is 5.23. The Bertz CT molecular complexity index is 236. The van der Waals surface area contributed by atoms with Gasteiger partial charge in [0.05, 0.1) is 12.7 Å². The van der Waals surface area contributed by atoms with Crippen LogP contribution in [0.1, 0.15) is 39.5 Å². The lowest BCUT2D eigenvalue weighted by Gasteiger charge is -2.26. The highest BCUT2D eigenvalue weighted by molar-refractivity contribution is 5.73.